The fourth-order valence-electron chi connectivity index (χ4n) is 1.72. The number of halogens is 1. The fourth-order valence-corrected chi connectivity index (χ4v) is 2.94. The molecule has 2 amide bonds. The number of carboxylic acid groups (broad SMARTS) is 1. The van der Waals surface area contributed by atoms with Crippen molar-refractivity contribution in [1.82, 2.24) is 4.98 Å². The molecule has 2 aromatic rings. The van der Waals surface area contributed by atoms with E-state index in [1.807, 2.05) is 0 Å². The highest BCUT2D eigenvalue weighted by Gasteiger charge is 2.20. The van der Waals surface area contributed by atoms with Gasteiger partial charge >= 0.3 is 12.0 Å². The molecule has 0 saturated carbocycles. The number of amides is 2. The third-order valence-corrected chi connectivity index (χ3v) is 4.14. The Bertz CT molecular complexity index is 715. The molecule has 0 aromatic carbocycles. The molecule has 0 aliphatic heterocycles. The molecule has 21 heavy (non-hydrogen) atoms. The van der Waals surface area contributed by atoms with Gasteiger partial charge in [0.1, 0.15) is 10.2 Å². The van der Waals surface area contributed by atoms with Gasteiger partial charge in [0.2, 0.25) is 0 Å². The van der Waals surface area contributed by atoms with E-state index in [1.54, 1.807) is 19.9 Å². The molecule has 2 rings (SSSR count). The minimum Gasteiger partial charge on any atom is -0.478 e. The van der Waals surface area contributed by atoms with Gasteiger partial charge in [0.05, 0.1) is 5.56 Å². The number of carboxylic acids is 1. The van der Waals surface area contributed by atoms with Crippen LogP contribution in [-0.2, 0) is 0 Å². The van der Waals surface area contributed by atoms with E-state index < -0.39 is 12.0 Å². The maximum atomic E-state index is 11.9. The number of hydrogen-bond donors (Lipinski definition) is 3. The Hall–Kier alpha value is -2.12. The quantitative estimate of drug-likeness (QED) is 0.749. The summed E-state index contributed by atoms with van der Waals surface area (Å²) in [6.45, 7) is 3.51. The van der Waals surface area contributed by atoms with Gasteiger partial charge < -0.3 is 10.4 Å². The topological polar surface area (TPSA) is 91.3 Å². The van der Waals surface area contributed by atoms with Crippen molar-refractivity contribution in [2.45, 2.75) is 13.8 Å². The molecule has 0 atom stereocenters. The highest BCUT2D eigenvalue weighted by Crippen LogP contribution is 2.32. The number of nitrogens with zero attached hydrogens (tertiary/aromatic N) is 1. The number of urea groups is 1. The molecule has 2 aromatic heterocycles. The minimum atomic E-state index is -1.07. The standard InChI is InChI=1S/C13H12ClN3O3S/c1-6-7(2)21-11(10(6)12(18)19)17-13(20)16-8-3-4-15-9(14)5-8/h3-5H,1-2H3,(H,18,19)(H2,15,16,17,20). The lowest BCUT2D eigenvalue weighted by Gasteiger charge is -2.07. The Labute approximate surface area is 129 Å². The largest absolute Gasteiger partial charge is 0.478 e. The summed E-state index contributed by atoms with van der Waals surface area (Å²) in [5.74, 6) is -1.07. The maximum Gasteiger partial charge on any atom is 0.338 e. The normalized spacial score (nSPS) is 10.2. The van der Waals surface area contributed by atoms with E-state index in [0.717, 1.165) is 4.88 Å². The highest BCUT2D eigenvalue weighted by molar-refractivity contribution is 7.16. The number of nitrogens with one attached hydrogen (secondary N) is 2. The number of anilines is 2. The van der Waals surface area contributed by atoms with Crippen LogP contribution in [0.5, 0.6) is 0 Å². The van der Waals surface area contributed by atoms with Gasteiger partial charge in [0.15, 0.2) is 0 Å². The van der Waals surface area contributed by atoms with Crippen LogP contribution < -0.4 is 10.6 Å². The van der Waals surface area contributed by atoms with Crippen LogP contribution in [0.4, 0.5) is 15.5 Å². The molecule has 3 N–H and O–H groups in total. The number of rotatable bonds is 3. The van der Waals surface area contributed by atoms with Gasteiger partial charge in [-0.1, -0.05) is 11.6 Å². The molecule has 0 fully saturated rings. The molecular weight excluding hydrogens is 314 g/mol. The first-order valence-corrected chi connectivity index (χ1v) is 7.10. The predicted octanol–water partition coefficient (Wildman–Crippen LogP) is 3.76. The molecule has 0 aliphatic carbocycles. The average molecular weight is 326 g/mol. The van der Waals surface area contributed by atoms with Crippen molar-refractivity contribution < 1.29 is 14.7 Å². The van der Waals surface area contributed by atoms with Crippen molar-refractivity contribution in [1.29, 1.82) is 0 Å². The number of aryl methyl sites for hydroxylation is 1. The third-order valence-electron chi connectivity index (χ3n) is 2.81. The number of thiophene rings is 1. The molecular formula is C13H12ClN3O3S. The van der Waals surface area contributed by atoms with Gasteiger partial charge in [0.25, 0.3) is 0 Å². The Morgan fingerprint density at radius 2 is 2.05 bits per heavy atom. The summed E-state index contributed by atoms with van der Waals surface area (Å²) in [4.78, 5) is 27.8. The monoisotopic (exact) mass is 325 g/mol. The van der Waals surface area contributed by atoms with E-state index >= 15 is 0 Å². The summed E-state index contributed by atoms with van der Waals surface area (Å²) in [5, 5.41) is 14.9. The summed E-state index contributed by atoms with van der Waals surface area (Å²) < 4.78 is 0. The van der Waals surface area contributed by atoms with Gasteiger partial charge in [-0.25, -0.2) is 14.6 Å². The Balaban J connectivity index is 2.17. The van der Waals surface area contributed by atoms with E-state index in [1.165, 1.54) is 23.6 Å². The molecule has 0 aliphatic rings. The number of carbonyl (C=O) groups excluding carboxylic acids is 1. The number of aromatic nitrogens is 1. The molecule has 0 unspecified atom stereocenters. The molecule has 0 bridgehead atoms. The van der Waals surface area contributed by atoms with Crippen molar-refractivity contribution in [3.63, 3.8) is 0 Å². The minimum absolute atomic E-state index is 0.111. The van der Waals surface area contributed by atoms with Crippen molar-refractivity contribution >= 4 is 45.6 Å². The first kappa shape index (κ1) is 15.3. The summed E-state index contributed by atoms with van der Waals surface area (Å²) in [6.07, 6.45) is 1.46. The third kappa shape index (κ3) is 3.50. The zero-order valence-electron chi connectivity index (χ0n) is 11.2. The van der Waals surface area contributed by atoms with E-state index in [0.29, 0.717) is 16.3 Å². The average Bonchev–Trinajstić information content (AvgIpc) is 2.64. The lowest BCUT2D eigenvalue weighted by atomic mass is 10.1. The molecule has 0 radical (unpaired) electrons. The number of aromatic carboxylic acids is 1. The van der Waals surface area contributed by atoms with Crippen LogP contribution in [0, 0.1) is 13.8 Å². The number of pyridine rings is 1. The lowest BCUT2D eigenvalue weighted by molar-refractivity contribution is 0.0697. The summed E-state index contributed by atoms with van der Waals surface area (Å²) in [6, 6.07) is 2.53. The van der Waals surface area contributed by atoms with Crippen LogP contribution in [0.3, 0.4) is 0 Å². The first-order valence-electron chi connectivity index (χ1n) is 5.91. The van der Waals surface area contributed by atoms with Crippen molar-refractivity contribution in [3.05, 3.63) is 39.5 Å². The Morgan fingerprint density at radius 3 is 2.67 bits per heavy atom. The van der Waals surface area contributed by atoms with E-state index in [-0.39, 0.29) is 10.7 Å². The zero-order valence-corrected chi connectivity index (χ0v) is 12.8. The Morgan fingerprint density at radius 1 is 1.33 bits per heavy atom. The van der Waals surface area contributed by atoms with Crippen molar-refractivity contribution in [3.8, 4) is 0 Å². The lowest BCUT2D eigenvalue weighted by Crippen LogP contribution is -2.20. The van der Waals surface area contributed by atoms with E-state index in [4.69, 9.17) is 11.6 Å². The highest BCUT2D eigenvalue weighted by atomic mass is 35.5. The smallest absolute Gasteiger partial charge is 0.338 e. The van der Waals surface area contributed by atoms with E-state index in [2.05, 4.69) is 15.6 Å². The van der Waals surface area contributed by atoms with Crippen LogP contribution >= 0.6 is 22.9 Å². The molecule has 110 valence electrons. The van der Waals surface area contributed by atoms with E-state index in [9.17, 15) is 14.7 Å². The van der Waals surface area contributed by atoms with Gasteiger partial charge in [-0.05, 0) is 31.5 Å². The zero-order chi connectivity index (χ0) is 15.6. The SMILES string of the molecule is Cc1sc(NC(=O)Nc2ccnc(Cl)c2)c(C(=O)O)c1C. The fraction of sp³-hybridized carbons (Fsp3) is 0.154. The molecule has 0 saturated heterocycles. The summed E-state index contributed by atoms with van der Waals surface area (Å²) >= 11 is 6.94. The molecule has 2 heterocycles. The maximum absolute atomic E-state index is 11.9. The molecule has 6 nitrogen and oxygen atoms in total. The van der Waals surface area contributed by atoms with Crippen molar-refractivity contribution in [2.24, 2.45) is 0 Å². The first-order chi connectivity index (χ1) is 9.88. The van der Waals surface area contributed by atoms with Crippen LogP contribution in [0.2, 0.25) is 5.15 Å². The second kappa shape index (κ2) is 6.11. The van der Waals surface area contributed by atoms with Crippen molar-refractivity contribution in [2.75, 3.05) is 10.6 Å². The Kier molecular flexibility index (Phi) is 4.44. The van der Waals surface area contributed by atoms with Crippen LogP contribution in [0.25, 0.3) is 0 Å². The van der Waals surface area contributed by atoms with Gasteiger partial charge in [-0.15, -0.1) is 11.3 Å². The van der Waals surface area contributed by atoms with Gasteiger partial charge in [0, 0.05) is 16.8 Å². The van der Waals surface area contributed by atoms with Crippen LogP contribution in [0.1, 0.15) is 20.8 Å². The van der Waals surface area contributed by atoms with Crippen LogP contribution in [0.15, 0.2) is 18.3 Å². The van der Waals surface area contributed by atoms with Gasteiger partial charge in [-0.3, -0.25) is 5.32 Å². The molecule has 0 spiro atoms. The number of hydrogen-bond acceptors (Lipinski definition) is 4. The second-order valence-electron chi connectivity index (χ2n) is 4.24. The second-order valence-corrected chi connectivity index (χ2v) is 5.85. The number of carbonyl (C=O) groups is 2. The summed E-state index contributed by atoms with van der Waals surface area (Å²) in [5.41, 5.74) is 1.23. The van der Waals surface area contributed by atoms with Gasteiger partial charge in [-0.2, -0.15) is 0 Å². The predicted molar refractivity (Wildman–Crippen MR) is 82.6 cm³/mol. The summed E-state index contributed by atoms with van der Waals surface area (Å²) in [7, 11) is 0. The molecule has 8 heteroatoms. The van der Waals surface area contributed by atoms with Crippen LogP contribution in [-0.4, -0.2) is 22.1 Å².